The highest BCUT2D eigenvalue weighted by atomic mass is 16.5. The Hall–Kier alpha value is -2.18. The molecule has 0 bridgehead atoms. The molecular weight excluding hydrogens is 306 g/mol. The highest BCUT2D eigenvalue weighted by Crippen LogP contribution is 2.20. The number of rotatable bonds is 5. The van der Waals surface area contributed by atoms with Crippen molar-refractivity contribution in [2.24, 2.45) is 0 Å². The molecule has 0 spiro atoms. The lowest BCUT2D eigenvalue weighted by Crippen LogP contribution is -2.40. The van der Waals surface area contributed by atoms with E-state index in [9.17, 15) is 4.79 Å². The molecule has 1 aliphatic heterocycles. The van der Waals surface area contributed by atoms with E-state index < -0.39 is 0 Å². The maximum Gasteiger partial charge on any atom is 0.269 e. The van der Waals surface area contributed by atoms with Gasteiger partial charge in [0.05, 0.1) is 32.6 Å². The van der Waals surface area contributed by atoms with Gasteiger partial charge in [-0.3, -0.25) is 9.69 Å². The fourth-order valence-corrected chi connectivity index (χ4v) is 2.79. The van der Waals surface area contributed by atoms with Crippen LogP contribution in [0, 0.1) is 6.92 Å². The van der Waals surface area contributed by atoms with Gasteiger partial charge in [-0.15, -0.1) is 0 Å². The number of methoxy groups -OCH3 is 1. The van der Waals surface area contributed by atoms with E-state index in [0.29, 0.717) is 12.1 Å². The van der Waals surface area contributed by atoms with Crippen molar-refractivity contribution >= 4 is 0 Å². The molecule has 6 nitrogen and oxygen atoms in total. The number of aryl methyl sites for hydroxylation is 1. The number of ether oxygens (including phenoxy) is 2. The molecule has 3 rings (SSSR count). The van der Waals surface area contributed by atoms with Crippen LogP contribution >= 0.6 is 0 Å². The summed E-state index contributed by atoms with van der Waals surface area (Å²) < 4.78 is 12.1. The third-order valence-corrected chi connectivity index (χ3v) is 4.27. The van der Waals surface area contributed by atoms with E-state index in [1.165, 1.54) is 0 Å². The molecule has 24 heavy (non-hydrogen) atoms. The fraction of sp³-hybridized carbons (Fsp3) is 0.444. The number of aromatic nitrogens is 2. The van der Waals surface area contributed by atoms with E-state index in [1.54, 1.807) is 11.8 Å². The first kappa shape index (κ1) is 16.7. The zero-order valence-corrected chi connectivity index (χ0v) is 14.2. The molecule has 128 valence electrons. The molecule has 1 aromatic heterocycles. The summed E-state index contributed by atoms with van der Waals surface area (Å²) in [6, 6.07) is 9.55. The lowest BCUT2D eigenvalue weighted by atomic mass is 10.1. The summed E-state index contributed by atoms with van der Waals surface area (Å²) >= 11 is 0. The first-order valence-electron chi connectivity index (χ1n) is 8.20. The van der Waals surface area contributed by atoms with Crippen molar-refractivity contribution in [1.82, 2.24) is 14.7 Å². The molecule has 1 aromatic carbocycles. The van der Waals surface area contributed by atoms with Crippen LogP contribution in [0.3, 0.4) is 0 Å². The molecule has 2 heterocycles. The Morgan fingerprint density at radius 3 is 2.54 bits per heavy atom. The third kappa shape index (κ3) is 3.83. The monoisotopic (exact) mass is 329 g/mol. The molecule has 0 atom stereocenters. The summed E-state index contributed by atoms with van der Waals surface area (Å²) in [4.78, 5) is 14.7. The smallest absolute Gasteiger partial charge is 0.269 e. The van der Waals surface area contributed by atoms with E-state index in [-0.39, 0.29) is 5.56 Å². The maximum absolute atomic E-state index is 12.4. The first-order valence-corrected chi connectivity index (χ1v) is 8.20. The number of nitrogens with zero attached hydrogens (tertiary/aromatic N) is 3. The Bertz CT molecular complexity index is 734. The largest absolute Gasteiger partial charge is 0.497 e. The Balaban J connectivity index is 1.80. The highest BCUT2D eigenvalue weighted by Gasteiger charge is 2.12. The van der Waals surface area contributed by atoms with Crippen LogP contribution in [0.1, 0.15) is 5.56 Å². The Labute approximate surface area is 141 Å². The molecule has 0 N–H and O–H groups in total. The molecule has 0 saturated carbocycles. The molecule has 2 aromatic rings. The molecule has 6 heteroatoms. The van der Waals surface area contributed by atoms with Gasteiger partial charge < -0.3 is 9.47 Å². The van der Waals surface area contributed by atoms with Gasteiger partial charge in [0.1, 0.15) is 5.75 Å². The van der Waals surface area contributed by atoms with Crippen molar-refractivity contribution in [2.45, 2.75) is 13.5 Å². The highest BCUT2D eigenvalue weighted by molar-refractivity contribution is 5.60. The van der Waals surface area contributed by atoms with E-state index in [1.807, 2.05) is 37.3 Å². The zero-order chi connectivity index (χ0) is 16.9. The summed E-state index contributed by atoms with van der Waals surface area (Å²) in [5, 5.41) is 4.55. The van der Waals surface area contributed by atoms with E-state index >= 15 is 0 Å². The van der Waals surface area contributed by atoms with Gasteiger partial charge in [-0.2, -0.15) is 5.10 Å². The fourth-order valence-electron chi connectivity index (χ4n) is 2.79. The second-order valence-electron chi connectivity index (χ2n) is 5.92. The molecule has 0 amide bonds. The topological polar surface area (TPSA) is 56.6 Å². The second kappa shape index (κ2) is 7.59. The second-order valence-corrected chi connectivity index (χ2v) is 5.92. The van der Waals surface area contributed by atoms with E-state index in [0.717, 1.165) is 49.9 Å². The van der Waals surface area contributed by atoms with Crippen LogP contribution in [0.4, 0.5) is 0 Å². The van der Waals surface area contributed by atoms with Crippen LogP contribution in [0.15, 0.2) is 35.1 Å². The van der Waals surface area contributed by atoms with Gasteiger partial charge in [-0.05, 0) is 37.3 Å². The summed E-state index contributed by atoms with van der Waals surface area (Å²) in [5.41, 5.74) is 2.45. The van der Waals surface area contributed by atoms with Crippen LogP contribution in [-0.4, -0.2) is 54.6 Å². The molecule has 1 saturated heterocycles. The van der Waals surface area contributed by atoms with Crippen molar-refractivity contribution < 1.29 is 9.47 Å². The predicted molar refractivity (Wildman–Crippen MR) is 92.5 cm³/mol. The lowest BCUT2D eigenvalue weighted by molar-refractivity contribution is 0.0358. The normalized spacial score (nSPS) is 15.4. The SMILES string of the molecule is COc1ccc(-c2cc(C)c(=O)n(CCN3CCOCC3)n2)cc1. The molecule has 1 fully saturated rings. The van der Waals surface area contributed by atoms with Crippen molar-refractivity contribution in [3.8, 4) is 17.0 Å². The third-order valence-electron chi connectivity index (χ3n) is 4.27. The van der Waals surface area contributed by atoms with Gasteiger partial charge in [-0.25, -0.2) is 4.68 Å². The van der Waals surface area contributed by atoms with Gasteiger partial charge in [0.2, 0.25) is 0 Å². The number of hydrogen-bond donors (Lipinski definition) is 0. The summed E-state index contributed by atoms with van der Waals surface area (Å²) in [6.07, 6.45) is 0. The number of morpholine rings is 1. The van der Waals surface area contributed by atoms with E-state index in [2.05, 4.69) is 10.00 Å². The van der Waals surface area contributed by atoms with Gasteiger partial charge in [0, 0.05) is 30.8 Å². The Kier molecular flexibility index (Phi) is 5.27. The van der Waals surface area contributed by atoms with Crippen molar-refractivity contribution in [3.63, 3.8) is 0 Å². The minimum atomic E-state index is -0.0273. The molecule has 0 radical (unpaired) electrons. The molecule has 1 aliphatic rings. The van der Waals surface area contributed by atoms with Gasteiger partial charge in [0.25, 0.3) is 5.56 Å². The van der Waals surface area contributed by atoms with Crippen molar-refractivity contribution in [2.75, 3.05) is 40.0 Å². The maximum atomic E-state index is 12.4. The summed E-state index contributed by atoms with van der Waals surface area (Å²) in [7, 11) is 1.64. The van der Waals surface area contributed by atoms with Gasteiger partial charge in [-0.1, -0.05) is 0 Å². The Morgan fingerprint density at radius 1 is 1.17 bits per heavy atom. The average molecular weight is 329 g/mol. The average Bonchev–Trinajstić information content (AvgIpc) is 2.63. The summed E-state index contributed by atoms with van der Waals surface area (Å²) in [6.45, 7) is 6.56. The summed E-state index contributed by atoms with van der Waals surface area (Å²) in [5.74, 6) is 0.802. The minimum absolute atomic E-state index is 0.0273. The van der Waals surface area contributed by atoms with Crippen LogP contribution in [0.5, 0.6) is 5.75 Å². The lowest BCUT2D eigenvalue weighted by Gasteiger charge is -2.26. The minimum Gasteiger partial charge on any atom is -0.497 e. The Morgan fingerprint density at radius 2 is 1.88 bits per heavy atom. The molecule has 0 aliphatic carbocycles. The molecule has 0 unspecified atom stereocenters. The van der Waals surface area contributed by atoms with Crippen LogP contribution in [-0.2, 0) is 11.3 Å². The molecular formula is C18H23N3O3. The first-order chi connectivity index (χ1) is 11.7. The van der Waals surface area contributed by atoms with Crippen LogP contribution in [0.25, 0.3) is 11.3 Å². The zero-order valence-electron chi connectivity index (χ0n) is 14.2. The van der Waals surface area contributed by atoms with E-state index in [4.69, 9.17) is 9.47 Å². The standard InChI is InChI=1S/C18H23N3O3/c1-14-13-17(15-3-5-16(23-2)6-4-15)19-21(18(14)22)8-7-20-9-11-24-12-10-20/h3-6,13H,7-12H2,1-2H3. The number of hydrogen-bond acceptors (Lipinski definition) is 5. The van der Waals surface area contributed by atoms with Crippen molar-refractivity contribution in [3.05, 3.63) is 46.2 Å². The predicted octanol–water partition coefficient (Wildman–Crippen LogP) is 1.56. The van der Waals surface area contributed by atoms with Gasteiger partial charge in [0.15, 0.2) is 0 Å². The van der Waals surface area contributed by atoms with Gasteiger partial charge >= 0.3 is 0 Å². The van der Waals surface area contributed by atoms with Crippen molar-refractivity contribution in [1.29, 1.82) is 0 Å². The number of benzene rings is 1. The quantitative estimate of drug-likeness (QED) is 0.833. The van der Waals surface area contributed by atoms with Crippen LogP contribution in [0.2, 0.25) is 0 Å². The van der Waals surface area contributed by atoms with Crippen LogP contribution < -0.4 is 10.3 Å².